The van der Waals surface area contributed by atoms with Crippen LogP contribution in [0.2, 0.25) is 9.36 Å². The maximum absolute atomic E-state index is 12.5. The summed E-state index contributed by atoms with van der Waals surface area (Å²) in [5, 5.41) is 4.01. The molecule has 28 heavy (non-hydrogen) atoms. The van der Waals surface area contributed by atoms with Crippen LogP contribution in [0, 0.1) is 0 Å². The van der Waals surface area contributed by atoms with Gasteiger partial charge < -0.3 is 10.1 Å². The van der Waals surface area contributed by atoms with Crippen LogP contribution in [-0.4, -0.2) is 23.7 Å². The predicted molar refractivity (Wildman–Crippen MR) is 102 cm³/mol. The van der Waals surface area contributed by atoms with E-state index < -0.39 is 18.3 Å². The molecule has 0 aliphatic heterocycles. The van der Waals surface area contributed by atoms with Crippen molar-refractivity contribution in [3.8, 4) is 5.75 Å². The number of halogens is 5. The van der Waals surface area contributed by atoms with Gasteiger partial charge in [-0.2, -0.15) is 13.2 Å². The molecule has 1 N–H and O–H groups in total. The van der Waals surface area contributed by atoms with E-state index in [2.05, 4.69) is 10.3 Å². The van der Waals surface area contributed by atoms with Gasteiger partial charge in [0.15, 0.2) is 6.61 Å². The van der Waals surface area contributed by atoms with E-state index in [0.29, 0.717) is 22.7 Å². The molecule has 0 radical (unpaired) electrons. The number of aromatic nitrogens is 1. The van der Waals surface area contributed by atoms with Crippen molar-refractivity contribution in [3.05, 3.63) is 44.3 Å². The molecule has 10 heteroatoms. The van der Waals surface area contributed by atoms with E-state index in [0.717, 1.165) is 5.01 Å². The summed E-state index contributed by atoms with van der Waals surface area (Å²) in [4.78, 5) is 16.7. The largest absolute Gasteiger partial charge is 0.484 e. The Balaban J connectivity index is 1.67. The number of hydrogen-bond donors (Lipinski definition) is 1. The molecule has 4 nitrogen and oxygen atoms in total. The van der Waals surface area contributed by atoms with E-state index >= 15 is 0 Å². The second-order valence-corrected chi connectivity index (χ2v) is 8.95. The summed E-state index contributed by atoms with van der Waals surface area (Å²) in [7, 11) is 0. The van der Waals surface area contributed by atoms with Gasteiger partial charge in [0.2, 0.25) is 5.91 Å². The van der Waals surface area contributed by atoms with Crippen LogP contribution in [0.25, 0.3) is 0 Å². The average molecular weight is 453 g/mol. The molecule has 0 saturated heterocycles. The second-order valence-electron chi connectivity index (χ2n) is 6.82. The van der Waals surface area contributed by atoms with Gasteiger partial charge in [0, 0.05) is 17.4 Å². The molecular weight excluding hydrogens is 436 g/mol. The number of thiazole rings is 1. The zero-order chi connectivity index (χ0) is 20.5. The summed E-state index contributed by atoms with van der Waals surface area (Å²) >= 11 is 13.3. The van der Waals surface area contributed by atoms with Crippen molar-refractivity contribution in [1.29, 1.82) is 0 Å². The molecule has 1 aliphatic carbocycles. The highest BCUT2D eigenvalue weighted by molar-refractivity contribution is 7.15. The van der Waals surface area contributed by atoms with Crippen molar-refractivity contribution in [3.63, 3.8) is 0 Å². The van der Waals surface area contributed by atoms with Crippen LogP contribution in [-0.2, 0) is 10.3 Å². The summed E-state index contributed by atoms with van der Waals surface area (Å²) < 4.78 is 42.6. The predicted octanol–water partition coefficient (Wildman–Crippen LogP) is 5.69. The van der Waals surface area contributed by atoms with Crippen molar-refractivity contribution < 1.29 is 22.7 Å². The lowest BCUT2D eigenvalue weighted by atomic mass is 10.0. The van der Waals surface area contributed by atoms with Crippen LogP contribution in [0.1, 0.15) is 42.7 Å². The number of alkyl halides is 3. The molecule has 1 amide bonds. The van der Waals surface area contributed by atoms with Gasteiger partial charge in [-0.15, -0.1) is 11.3 Å². The minimum absolute atomic E-state index is 0.0196. The lowest BCUT2D eigenvalue weighted by molar-refractivity contribution is -0.153. The number of nitrogens with one attached hydrogen (secondary N) is 1. The summed E-state index contributed by atoms with van der Waals surface area (Å²) in [5.74, 6) is -0.251. The summed E-state index contributed by atoms with van der Waals surface area (Å²) in [6, 6.07) is 4.46. The Morgan fingerprint density at radius 1 is 1.36 bits per heavy atom. The average Bonchev–Trinajstić information content (AvgIpc) is 3.23. The molecule has 3 rings (SSSR count). The fourth-order valence-electron chi connectivity index (χ4n) is 2.88. The maximum Gasteiger partial charge on any atom is 0.422 e. The Kier molecular flexibility index (Phi) is 6.12. The van der Waals surface area contributed by atoms with Crippen LogP contribution in [0.5, 0.6) is 5.75 Å². The highest BCUT2D eigenvalue weighted by Crippen LogP contribution is 2.47. The van der Waals surface area contributed by atoms with E-state index in [1.54, 1.807) is 12.3 Å². The van der Waals surface area contributed by atoms with Crippen LogP contribution in [0.3, 0.4) is 0 Å². The zero-order valence-electron chi connectivity index (χ0n) is 14.8. The summed E-state index contributed by atoms with van der Waals surface area (Å²) in [6.07, 6.45) is -1.32. The summed E-state index contributed by atoms with van der Waals surface area (Å²) in [5.41, 5.74) is 0.00828. The SMILES string of the molecule is CC(CC(=O)NC1(c2cc(Cl)cc(OCC(F)(F)F)c2)CC1)c1ncc(Cl)s1. The molecule has 0 bridgehead atoms. The molecule has 152 valence electrons. The van der Waals surface area contributed by atoms with Crippen LogP contribution >= 0.6 is 34.5 Å². The molecule has 1 saturated carbocycles. The monoisotopic (exact) mass is 452 g/mol. The number of benzene rings is 1. The fraction of sp³-hybridized carbons (Fsp3) is 0.444. The Morgan fingerprint density at radius 3 is 2.64 bits per heavy atom. The van der Waals surface area contributed by atoms with E-state index in [4.69, 9.17) is 27.9 Å². The summed E-state index contributed by atoms with van der Waals surface area (Å²) in [6.45, 7) is 0.483. The van der Waals surface area contributed by atoms with Crippen LogP contribution < -0.4 is 10.1 Å². The van der Waals surface area contributed by atoms with Crippen LogP contribution in [0.15, 0.2) is 24.4 Å². The van der Waals surface area contributed by atoms with Gasteiger partial charge in [-0.25, -0.2) is 4.98 Å². The van der Waals surface area contributed by atoms with Crippen molar-refractivity contribution in [2.75, 3.05) is 6.61 Å². The molecule has 1 fully saturated rings. The highest BCUT2D eigenvalue weighted by Gasteiger charge is 2.46. The van der Waals surface area contributed by atoms with Gasteiger partial charge >= 0.3 is 6.18 Å². The van der Waals surface area contributed by atoms with Crippen LogP contribution in [0.4, 0.5) is 13.2 Å². The first-order valence-corrected chi connectivity index (χ1v) is 10.1. The molecule has 1 unspecified atom stereocenters. The number of nitrogens with zero attached hydrogens (tertiary/aromatic N) is 1. The Hall–Kier alpha value is -1.51. The maximum atomic E-state index is 12.5. The van der Waals surface area contributed by atoms with Crippen molar-refractivity contribution in [1.82, 2.24) is 10.3 Å². The Labute approximate surface area is 174 Å². The zero-order valence-corrected chi connectivity index (χ0v) is 17.1. The molecule has 1 aliphatic rings. The van der Waals surface area contributed by atoms with Gasteiger partial charge in [0.25, 0.3) is 0 Å². The number of amides is 1. The van der Waals surface area contributed by atoms with Gasteiger partial charge in [-0.1, -0.05) is 30.1 Å². The molecule has 1 heterocycles. The smallest absolute Gasteiger partial charge is 0.422 e. The van der Waals surface area contributed by atoms with E-state index in [9.17, 15) is 18.0 Å². The number of hydrogen-bond acceptors (Lipinski definition) is 4. The first-order valence-electron chi connectivity index (χ1n) is 8.49. The topological polar surface area (TPSA) is 51.2 Å². The van der Waals surface area contributed by atoms with Gasteiger partial charge in [-0.3, -0.25) is 4.79 Å². The molecular formula is C18H17Cl2F3N2O2S. The third-order valence-corrected chi connectivity index (χ3v) is 5.93. The minimum Gasteiger partial charge on any atom is -0.484 e. The normalized spacial score (nSPS) is 16.5. The fourth-order valence-corrected chi connectivity index (χ4v) is 4.08. The van der Waals surface area contributed by atoms with Crippen molar-refractivity contribution >= 4 is 40.4 Å². The highest BCUT2D eigenvalue weighted by atomic mass is 35.5. The Bertz CT molecular complexity index is 869. The third-order valence-electron chi connectivity index (χ3n) is 4.36. The minimum atomic E-state index is -4.44. The lowest BCUT2D eigenvalue weighted by Gasteiger charge is -2.20. The molecule has 1 aromatic heterocycles. The first-order chi connectivity index (χ1) is 13.1. The number of ether oxygens (including phenoxy) is 1. The van der Waals surface area contributed by atoms with Gasteiger partial charge in [0.05, 0.1) is 16.7 Å². The quantitative estimate of drug-likeness (QED) is 0.586. The van der Waals surface area contributed by atoms with E-state index in [-0.39, 0.29) is 29.0 Å². The third kappa shape index (κ3) is 5.52. The van der Waals surface area contributed by atoms with Crippen molar-refractivity contribution in [2.45, 2.75) is 43.8 Å². The number of rotatable bonds is 7. The standard InChI is InChI=1S/C18H17Cl2F3N2O2S/c1-10(16-24-8-14(20)28-16)4-15(26)25-17(2-3-17)11-5-12(19)7-13(6-11)27-9-18(21,22)23/h5-8,10H,2-4,9H2,1H3,(H,25,26). The molecule has 2 aromatic rings. The van der Waals surface area contributed by atoms with Gasteiger partial charge in [-0.05, 0) is 36.6 Å². The van der Waals surface area contributed by atoms with Crippen molar-refractivity contribution in [2.24, 2.45) is 0 Å². The molecule has 1 aromatic carbocycles. The van der Waals surface area contributed by atoms with Gasteiger partial charge in [0.1, 0.15) is 10.1 Å². The van der Waals surface area contributed by atoms with E-state index in [1.165, 1.54) is 23.5 Å². The second kappa shape index (κ2) is 8.08. The lowest BCUT2D eigenvalue weighted by Crippen LogP contribution is -2.35. The molecule has 1 atom stereocenters. The number of carbonyl (C=O) groups is 1. The van der Waals surface area contributed by atoms with E-state index in [1.807, 2.05) is 6.92 Å². The molecule has 0 spiro atoms. The first kappa shape index (κ1) is 21.2. The number of carbonyl (C=O) groups excluding carboxylic acids is 1. The Morgan fingerprint density at radius 2 is 2.07 bits per heavy atom.